The molecule has 1 heterocycles. The second-order valence-electron chi connectivity index (χ2n) is 9.18. The Morgan fingerprint density at radius 2 is 1.79 bits per heavy atom. The van der Waals surface area contributed by atoms with E-state index in [2.05, 4.69) is 52.0 Å². The lowest BCUT2D eigenvalue weighted by molar-refractivity contribution is -0.121. The molecule has 0 bridgehead atoms. The minimum Gasteiger partial charge on any atom is -0.294 e. The van der Waals surface area contributed by atoms with Crippen LogP contribution in [0.4, 0.5) is 5.69 Å². The zero-order valence-electron chi connectivity index (χ0n) is 17.8. The van der Waals surface area contributed by atoms with Gasteiger partial charge in [0.1, 0.15) is 0 Å². The van der Waals surface area contributed by atoms with Crippen LogP contribution in [-0.4, -0.2) is 11.7 Å². The zero-order chi connectivity index (χ0) is 20.8. The van der Waals surface area contributed by atoms with Crippen molar-refractivity contribution in [2.75, 3.05) is 4.90 Å². The maximum Gasteiger partial charge on any atom is 0.232 e. The Morgan fingerprint density at radius 3 is 2.52 bits per heavy atom. The molecule has 1 unspecified atom stereocenters. The molecule has 3 heteroatoms. The first kappa shape index (κ1) is 19.6. The number of nitrogens with zero attached hydrogens (tertiary/aromatic N) is 1. The predicted molar refractivity (Wildman–Crippen MR) is 117 cm³/mol. The Morgan fingerprint density at radius 1 is 1.03 bits per heavy atom. The molecule has 0 fully saturated rings. The number of carbonyl (C=O) groups is 2. The lowest BCUT2D eigenvalue weighted by Gasteiger charge is -2.43. The summed E-state index contributed by atoms with van der Waals surface area (Å²) in [5, 5.41) is 0. The highest BCUT2D eigenvalue weighted by Gasteiger charge is 2.44. The summed E-state index contributed by atoms with van der Waals surface area (Å²) in [7, 11) is 0. The Bertz CT molecular complexity index is 1010. The minimum absolute atomic E-state index is 0.0849. The number of amides is 1. The van der Waals surface area contributed by atoms with E-state index in [4.69, 9.17) is 0 Å². The highest BCUT2D eigenvalue weighted by Crippen LogP contribution is 2.48. The molecule has 4 rings (SSSR count). The van der Waals surface area contributed by atoms with Crippen molar-refractivity contribution in [1.82, 2.24) is 0 Å². The van der Waals surface area contributed by atoms with Crippen LogP contribution >= 0.6 is 0 Å². The summed E-state index contributed by atoms with van der Waals surface area (Å²) in [5.41, 5.74) is 5.90. The largest absolute Gasteiger partial charge is 0.294 e. The van der Waals surface area contributed by atoms with Gasteiger partial charge >= 0.3 is 0 Å². The van der Waals surface area contributed by atoms with E-state index >= 15 is 0 Å². The number of benzene rings is 2. The molecule has 0 saturated carbocycles. The number of Topliss-reactive ketones (excluding diaryl/α,β-unsaturated/α-hetero) is 1. The molecule has 0 spiro atoms. The maximum atomic E-state index is 13.5. The highest BCUT2D eigenvalue weighted by atomic mass is 16.2. The van der Waals surface area contributed by atoms with Gasteiger partial charge in [0.2, 0.25) is 5.91 Å². The third kappa shape index (κ3) is 3.55. The average Bonchev–Trinajstić information content (AvgIpc) is 2.66. The molecule has 1 aliphatic heterocycles. The van der Waals surface area contributed by atoms with Gasteiger partial charge in [0.15, 0.2) is 5.78 Å². The molecular weight excluding hydrogens is 358 g/mol. The molecule has 1 amide bonds. The van der Waals surface area contributed by atoms with E-state index in [1.165, 1.54) is 0 Å². The van der Waals surface area contributed by atoms with Gasteiger partial charge < -0.3 is 0 Å². The van der Waals surface area contributed by atoms with Crippen molar-refractivity contribution in [3.8, 4) is 0 Å². The van der Waals surface area contributed by atoms with E-state index in [-0.39, 0.29) is 23.0 Å². The summed E-state index contributed by atoms with van der Waals surface area (Å²) in [6.45, 7) is 8.41. The molecule has 2 aliphatic rings. The molecule has 1 atom stereocenters. The number of hydrogen-bond donors (Lipinski definition) is 0. The van der Waals surface area contributed by atoms with E-state index in [0.29, 0.717) is 12.8 Å². The second-order valence-corrected chi connectivity index (χ2v) is 9.18. The van der Waals surface area contributed by atoms with Crippen molar-refractivity contribution in [2.24, 2.45) is 5.41 Å². The molecule has 2 aromatic rings. The van der Waals surface area contributed by atoms with Gasteiger partial charge in [0, 0.05) is 30.0 Å². The van der Waals surface area contributed by atoms with Crippen LogP contribution in [0.1, 0.15) is 62.6 Å². The highest BCUT2D eigenvalue weighted by molar-refractivity contribution is 6.08. The van der Waals surface area contributed by atoms with Crippen LogP contribution < -0.4 is 4.90 Å². The number of aryl methyl sites for hydroxylation is 2. The van der Waals surface area contributed by atoms with Gasteiger partial charge in [-0.05, 0) is 42.4 Å². The van der Waals surface area contributed by atoms with Crippen LogP contribution in [0.2, 0.25) is 0 Å². The molecular formula is C26H29NO2. The summed E-state index contributed by atoms with van der Waals surface area (Å²) < 4.78 is 0. The van der Waals surface area contributed by atoms with Crippen molar-refractivity contribution in [1.29, 1.82) is 0 Å². The summed E-state index contributed by atoms with van der Waals surface area (Å²) in [4.78, 5) is 28.7. The van der Waals surface area contributed by atoms with E-state index in [1.54, 1.807) is 0 Å². The predicted octanol–water partition coefficient (Wildman–Crippen LogP) is 5.72. The van der Waals surface area contributed by atoms with Crippen LogP contribution in [0.5, 0.6) is 0 Å². The maximum absolute atomic E-state index is 13.5. The number of anilines is 1. The lowest BCUT2D eigenvalue weighted by atomic mass is 9.69. The van der Waals surface area contributed by atoms with Crippen molar-refractivity contribution >= 4 is 17.4 Å². The third-order valence-corrected chi connectivity index (χ3v) is 6.20. The van der Waals surface area contributed by atoms with Crippen molar-refractivity contribution in [2.45, 2.75) is 59.3 Å². The first-order valence-corrected chi connectivity index (χ1v) is 10.5. The van der Waals surface area contributed by atoms with E-state index < -0.39 is 0 Å². The standard InChI is InChI=1S/C26H29NO2/c1-5-18-10-6-7-12-21(18)27-22-15-26(3,4)16-23(28)25(22)20(14-24(27)29)19-11-8-9-17(2)13-19/h6-13,20H,5,14-16H2,1-4H3. The van der Waals surface area contributed by atoms with Crippen molar-refractivity contribution in [3.05, 3.63) is 76.5 Å². The van der Waals surface area contributed by atoms with E-state index in [9.17, 15) is 9.59 Å². The van der Waals surface area contributed by atoms with Gasteiger partial charge in [-0.2, -0.15) is 0 Å². The monoisotopic (exact) mass is 387 g/mol. The van der Waals surface area contributed by atoms with Gasteiger partial charge in [-0.15, -0.1) is 0 Å². The molecule has 0 aromatic heterocycles. The van der Waals surface area contributed by atoms with Gasteiger partial charge in [-0.3, -0.25) is 14.5 Å². The quantitative estimate of drug-likeness (QED) is 0.675. The zero-order valence-corrected chi connectivity index (χ0v) is 17.8. The Balaban J connectivity index is 1.93. The molecule has 3 nitrogen and oxygen atoms in total. The molecule has 0 N–H and O–H groups in total. The fourth-order valence-electron chi connectivity index (χ4n) is 4.89. The minimum atomic E-state index is -0.149. The first-order valence-electron chi connectivity index (χ1n) is 10.5. The summed E-state index contributed by atoms with van der Waals surface area (Å²) in [5.74, 6) is 0.127. The molecule has 0 saturated heterocycles. The number of rotatable bonds is 3. The van der Waals surface area contributed by atoms with Crippen LogP contribution in [0.15, 0.2) is 59.8 Å². The number of ketones is 1. The SMILES string of the molecule is CCc1ccccc1N1C(=O)CC(c2cccc(C)c2)C2=C1CC(C)(C)CC2=O. The lowest BCUT2D eigenvalue weighted by Crippen LogP contribution is -2.44. The second kappa shape index (κ2) is 7.29. The van der Waals surface area contributed by atoms with Gasteiger partial charge in [0.25, 0.3) is 0 Å². The van der Waals surface area contributed by atoms with Crippen molar-refractivity contribution < 1.29 is 9.59 Å². The van der Waals surface area contributed by atoms with Crippen LogP contribution in [0, 0.1) is 12.3 Å². The molecule has 29 heavy (non-hydrogen) atoms. The topological polar surface area (TPSA) is 37.4 Å². The Hall–Kier alpha value is -2.68. The number of allylic oxidation sites excluding steroid dienone is 2. The van der Waals surface area contributed by atoms with Gasteiger partial charge in [-0.1, -0.05) is 68.8 Å². The molecule has 0 radical (unpaired) electrons. The number of para-hydroxylation sites is 1. The van der Waals surface area contributed by atoms with Crippen LogP contribution in [0.3, 0.4) is 0 Å². The average molecular weight is 388 g/mol. The van der Waals surface area contributed by atoms with E-state index in [0.717, 1.165) is 46.5 Å². The van der Waals surface area contributed by atoms with Gasteiger partial charge in [-0.25, -0.2) is 0 Å². The first-order chi connectivity index (χ1) is 13.8. The smallest absolute Gasteiger partial charge is 0.232 e. The summed E-state index contributed by atoms with van der Waals surface area (Å²) >= 11 is 0. The van der Waals surface area contributed by atoms with E-state index in [1.807, 2.05) is 29.2 Å². The van der Waals surface area contributed by atoms with Gasteiger partial charge in [0.05, 0.1) is 5.69 Å². The number of hydrogen-bond acceptors (Lipinski definition) is 2. The van der Waals surface area contributed by atoms with Crippen LogP contribution in [-0.2, 0) is 16.0 Å². The molecule has 2 aromatic carbocycles. The normalized spacial score (nSPS) is 21.4. The molecule has 1 aliphatic carbocycles. The Kier molecular flexibility index (Phi) is 4.94. The van der Waals surface area contributed by atoms with Crippen molar-refractivity contribution in [3.63, 3.8) is 0 Å². The third-order valence-electron chi connectivity index (χ3n) is 6.20. The summed E-state index contributed by atoms with van der Waals surface area (Å²) in [6.07, 6.45) is 2.46. The fourth-order valence-corrected chi connectivity index (χ4v) is 4.89. The molecule has 150 valence electrons. The Labute approximate surface area is 173 Å². The fraction of sp³-hybridized carbons (Fsp3) is 0.385. The van der Waals surface area contributed by atoms with Crippen LogP contribution in [0.25, 0.3) is 0 Å². The number of carbonyl (C=O) groups excluding carboxylic acids is 2. The summed E-state index contributed by atoms with van der Waals surface area (Å²) in [6, 6.07) is 16.3.